The topological polar surface area (TPSA) is 68.9 Å². The highest BCUT2D eigenvalue weighted by atomic mass is 16.5. The zero-order chi connectivity index (χ0) is 16.8. The number of ether oxygens (including phenoxy) is 2. The van der Waals surface area contributed by atoms with E-state index in [-0.39, 0.29) is 29.8 Å². The van der Waals surface area contributed by atoms with Gasteiger partial charge in [0.2, 0.25) is 5.75 Å². The largest absolute Gasteiger partial charge is 0.503 e. The molecule has 0 spiro atoms. The van der Waals surface area contributed by atoms with E-state index in [0.29, 0.717) is 17.6 Å². The Morgan fingerprint density at radius 3 is 2.78 bits per heavy atom. The van der Waals surface area contributed by atoms with Gasteiger partial charge in [-0.3, -0.25) is 0 Å². The molecular formula is C18H22O5. The summed E-state index contributed by atoms with van der Waals surface area (Å²) in [5, 5.41) is 10.8. The van der Waals surface area contributed by atoms with Gasteiger partial charge in [0.05, 0.1) is 12.7 Å². The maximum absolute atomic E-state index is 12.0. The molecule has 0 saturated heterocycles. The second-order valence-electron chi connectivity index (χ2n) is 5.38. The summed E-state index contributed by atoms with van der Waals surface area (Å²) in [6.07, 6.45) is 5.50. The van der Waals surface area contributed by atoms with Gasteiger partial charge in [-0.25, -0.2) is 4.79 Å². The molecule has 1 aromatic carbocycles. The monoisotopic (exact) mass is 318 g/mol. The number of allylic oxidation sites excluding steroid dienone is 1. The maximum Gasteiger partial charge on any atom is 0.383 e. The number of benzene rings is 1. The van der Waals surface area contributed by atoms with Crippen molar-refractivity contribution in [2.75, 3.05) is 6.61 Å². The minimum absolute atomic E-state index is 0.0736. The molecule has 1 aromatic heterocycles. The molecule has 0 radical (unpaired) electrons. The molecule has 0 aliphatic rings. The van der Waals surface area contributed by atoms with Crippen LogP contribution in [0.1, 0.15) is 33.6 Å². The summed E-state index contributed by atoms with van der Waals surface area (Å²) >= 11 is 0. The lowest BCUT2D eigenvalue weighted by molar-refractivity contribution is 0.243. The molecule has 2 rings (SSSR count). The van der Waals surface area contributed by atoms with Crippen LogP contribution in [0.5, 0.6) is 17.2 Å². The molecule has 0 amide bonds. The molecule has 0 saturated carbocycles. The van der Waals surface area contributed by atoms with Gasteiger partial charge in [-0.05, 0) is 38.8 Å². The van der Waals surface area contributed by atoms with Crippen molar-refractivity contribution >= 4 is 11.0 Å². The lowest BCUT2D eigenvalue weighted by Gasteiger charge is -2.14. The zero-order valence-electron chi connectivity index (χ0n) is 13.7. The highest BCUT2D eigenvalue weighted by molar-refractivity contribution is 5.91. The smallest absolute Gasteiger partial charge is 0.383 e. The molecule has 1 N–H and O–H groups in total. The van der Waals surface area contributed by atoms with Crippen LogP contribution in [-0.4, -0.2) is 17.8 Å². The summed E-state index contributed by atoms with van der Waals surface area (Å²) in [5.41, 5.74) is -0.431. The average molecular weight is 318 g/mol. The Bertz CT molecular complexity index is 743. The molecule has 1 heterocycles. The van der Waals surface area contributed by atoms with E-state index in [1.165, 1.54) is 0 Å². The molecule has 2 aromatic rings. The third kappa shape index (κ3) is 4.06. The fourth-order valence-electron chi connectivity index (χ4n) is 2.18. The lowest BCUT2D eigenvalue weighted by atomic mass is 10.2. The Hall–Kier alpha value is -2.43. The van der Waals surface area contributed by atoms with Crippen LogP contribution in [0.15, 0.2) is 39.6 Å². The van der Waals surface area contributed by atoms with Gasteiger partial charge in [0, 0.05) is 0 Å². The second-order valence-corrected chi connectivity index (χ2v) is 5.38. The molecule has 0 atom stereocenters. The van der Waals surface area contributed by atoms with Crippen LogP contribution in [0.2, 0.25) is 0 Å². The molecule has 124 valence electrons. The van der Waals surface area contributed by atoms with E-state index in [9.17, 15) is 9.90 Å². The van der Waals surface area contributed by atoms with E-state index >= 15 is 0 Å². The van der Waals surface area contributed by atoms with Crippen molar-refractivity contribution in [2.45, 2.75) is 39.7 Å². The van der Waals surface area contributed by atoms with Gasteiger partial charge in [-0.1, -0.05) is 25.1 Å². The van der Waals surface area contributed by atoms with Gasteiger partial charge in [0.1, 0.15) is 16.7 Å². The van der Waals surface area contributed by atoms with Crippen LogP contribution in [0, 0.1) is 0 Å². The molecule has 5 nitrogen and oxygen atoms in total. The molecule has 0 bridgehead atoms. The van der Waals surface area contributed by atoms with Gasteiger partial charge < -0.3 is 19.0 Å². The van der Waals surface area contributed by atoms with Crippen molar-refractivity contribution in [3.05, 3.63) is 40.8 Å². The maximum atomic E-state index is 12.0. The SMILES string of the molecule is CC/C=C/CCOc1c(O)c2c(OC(C)C)cccc2oc1=O. The van der Waals surface area contributed by atoms with Gasteiger partial charge in [-0.2, -0.15) is 0 Å². The third-order valence-electron chi connectivity index (χ3n) is 3.12. The van der Waals surface area contributed by atoms with Crippen molar-refractivity contribution in [3.8, 4) is 17.2 Å². The highest BCUT2D eigenvalue weighted by Gasteiger charge is 2.19. The first kappa shape index (κ1) is 16.9. The minimum atomic E-state index is -0.698. The number of fused-ring (bicyclic) bond motifs is 1. The Labute approximate surface area is 135 Å². The number of aromatic hydroxyl groups is 1. The zero-order valence-corrected chi connectivity index (χ0v) is 13.7. The van der Waals surface area contributed by atoms with Crippen molar-refractivity contribution in [1.29, 1.82) is 0 Å². The standard InChI is InChI=1S/C18H22O5/c1-4-5-6-7-11-21-17-16(19)15-13(22-12(2)3)9-8-10-14(15)23-18(17)20/h5-6,8-10,12,19H,4,7,11H2,1-3H3/b6-5+. The highest BCUT2D eigenvalue weighted by Crippen LogP contribution is 2.38. The summed E-state index contributed by atoms with van der Waals surface area (Å²) in [4.78, 5) is 12.0. The van der Waals surface area contributed by atoms with E-state index in [1.807, 2.05) is 32.9 Å². The van der Waals surface area contributed by atoms with Crippen LogP contribution in [-0.2, 0) is 0 Å². The molecule has 23 heavy (non-hydrogen) atoms. The first-order valence-electron chi connectivity index (χ1n) is 7.77. The Morgan fingerprint density at radius 2 is 2.09 bits per heavy atom. The number of hydrogen-bond donors (Lipinski definition) is 1. The van der Waals surface area contributed by atoms with Crippen LogP contribution >= 0.6 is 0 Å². The predicted octanol–water partition coefficient (Wildman–Crippen LogP) is 4.02. The number of hydrogen-bond acceptors (Lipinski definition) is 5. The first-order valence-corrected chi connectivity index (χ1v) is 7.77. The molecular weight excluding hydrogens is 296 g/mol. The average Bonchev–Trinajstić information content (AvgIpc) is 2.49. The summed E-state index contributed by atoms with van der Waals surface area (Å²) in [5.74, 6) is 0.0312. The van der Waals surface area contributed by atoms with Gasteiger partial charge in [-0.15, -0.1) is 0 Å². The molecule has 0 aliphatic heterocycles. The lowest BCUT2D eigenvalue weighted by Crippen LogP contribution is -2.10. The normalized spacial score (nSPS) is 11.5. The van der Waals surface area contributed by atoms with Gasteiger partial charge >= 0.3 is 5.63 Å². The van der Waals surface area contributed by atoms with Crippen LogP contribution < -0.4 is 15.1 Å². The quantitative estimate of drug-likeness (QED) is 0.474. The van der Waals surface area contributed by atoms with Crippen molar-refractivity contribution in [1.82, 2.24) is 0 Å². The van der Waals surface area contributed by atoms with E-state index in [0.717, 1.165) is 6.42 Å². The summed E-state index contributed by atoms with van der Waals surface area (Å²) in [6, 6.07) is 5.03. The molecule has 5 heteroatoms. The fourth-order valence-corrected chi connectivity index (χ4v) is 2.18. The van der Waals surface area contributed by atoms with E-state index in [4.69, 9.17) is 13.9 Å². The molecule has 0 fully saturated rings. The first-order chi connectivity index (χ1) is 11.0. The Kier molecular flexibility index (Phi) is 5.68. The third-order valence-corrected chi connectivity index (χ3v) is 3.12. The number of rotatable bonds is 7. The summed E-state index contributed by atoms with van der Waals surface area (Å²) in [6.45, 7) is 6.09. The molecule has 0 unspecified atom stereocenters. The molecule has 0 aliphatic carbocycles. The Morgan fingerprint density at radius 1 is 1.30 bits per heavy atom. The van der Waals surface area contributed by atoms with Crippen LogP contribution in [0.25, 0.3) is 11.0 Å². The van der Waals surface area contributed by atoms with Crippen LogP contribution in [0.4, 0.5) is 0 Å². The van der Waals surface area contributed by atoms with E-state index in [2.05, 4.69) is 0 Å². The Balaban J connectivity index is 2.37. The van der Waals surface area contributed by atoms with Crippen LogP contribution in [0.3, 0.4) is 0 Å². The van der Waals surface area contributed by atoms with E-state index < -0.39 is 5.63 Å². The van der Waals surface area contributed by atoms with Crippen molar-refractivity contribution in [3.63, 3.8) is 0 Å². The van der Waals surface area contributed by atoms with Crippen molar-refractivity contribution in [2.24, 2.45) is 0 Å². The van der Waals surface area contributed by atoms with Gasteiger partial charge in [0.25, 0.3) is 0 Å². The second kappa shape index (κ2) is 7.72. The fraction of sp³-hybridized carbons (Fsp3) is 0.389. The summed E-state index contributed by atoms with van der Waals surface area (Å²) in [7, 11) is 0. The summed E-state index contributed by atoms with van der Waals surface area (Å²) < 4.78 is 16.3. The predicted molar refractivity (Wildman–Crippen MR) is 89.5 cm³/mol. The van der Waals surface area contributed by atoms with Crippen molar-refractivity contribution < 1.29 is 19.0 Å². The van der Waals surface area contributed by atoms with Gasteiger partial charge in [0.15, 0.2) is 5.75 Å². The van der Waals surface area contributed by atoms with E-state index in [1.54, 1.807) is 18.2 Å². The minimum Gasteiger partial charge on any atom is -0.503 e.